The van der Waals surface area contributed by atoms with Crippen LogP contribution in [0, 0.1) is 0 Å². The summed E-state index contributed by atoms with van der Waals surface area (Å²) < 4.78 is 0. The van der Waals surface area contributed by atoms with E-state index < -0.39 is 6.09 Å². The highest BCUT2D eigenvalue weighted by atomic mass is 16.4. The number of anilines is 1. The van der Waals surface area contributed by atoms with Crippen LogP contribution in [0.3, 0.4) is 0 Å². The van der Waals surface area contributed by atoms with Gasteiger partial charge in [-0.3, -0.25) is 9.59 Å². The Hall–Kier alpha value is -2.37. The molecule has 1 aromatic rings. The van der Waals surface area contributed by atoms with Crippen LogP contribution in [0.5, 0.6) is 0 Å². The summed E-state index contributed by atoms with van der Waals surface area (Å²) in [5.74, 6) is -0.0879. The number of nitrogens with one attached hydrogen (secondary N) is 2. The highest BCUT2D eigenvalue weighted by molar-refractivity contribution is 5.91. The Morgan fingerprint density at radius 2 is 1.80 bits per heavy atom. The number of rotatable bonds is 8. The monoisotopic (exact) mass is 278 g/mol. The van der Waals surface area contributed by atoms with Crippen molar-refractivity contribution in [3.63, 3.8) is 0 Å². The van der Waals surface area contributed by atoms with Crippen LogP contribution in [-0.2, 0) is 4.79 Å². The largest absolute Gasteiger partial charge is 0.465 e. The smallest absolute Gasteiger partial charge is 0.404 e. The van der Waals surface area contributed by atoms with Gasteiger partial charge in [-0.05, 0) is 37.1 Å². The van der Waals surface area contributed by atoms with Crippen LogP contribution in [0.25, 0.3) is 0 Å². The molecule has 3 N–H and O–H groups in total. The number of hydrogen-bond acceptors (Lipinski definition) is 3. The summed E-state index contributed by atoms with van der Waals surface area (Å²) >= 11 is 0. The first-order valence-corrected chi connectivity index (χ1v) is 6.43. The number of hydrogen-bond donors (Lipinski definition) is 3. The van der Waals surface area contributed by atoms with Crippen molar-refractivity contribution in [3.8, 4) is 0 Å². The Kier molecular flexibility index (Phi) is 6.81. The predicted octanol–water partition coefficient (Wildman–Crippen LogP) is 2.27. The SMILES string of the molecule is O=Cc1ccc(NC(=O)CCCCCNC(=O)O)cc1. The zero-order chi connectivity index (χ0) is 14.8. The van der Waals surface area contributed by atoms with E-state index in [-0.39, 0.29) is 5.91 Å². The molecular formula is C14H18N2O4. The number of carboxylic acid groups (broad SMARTS) is 1. The highest BCUT2D eigenvalue weighted by Gasteiger charge is 2.02. The van der Waals surface area contributed by atoms with Crippen molar-refractivity contribution in [2.45, 2.75) is 25.7 Å². The van der Waals surface area contributed by atoms with E-state index in [1.807, 2.05) is 0 Å². The summed E-state index contributed by atoms with van der Waals surface area (Å²) in [6.45, 7) is 0.407. The second-order valence-corrected chi connectivity index (χ2v) is 4.33. The van der Waals surface area contributed by atoms with Crippen molar-refractivity contribution in [2.75, 3.05) is 11.9 Å². The molecule has 6 heteroatoms. The summed E-state index contributed by atoms with van der Waals surface area (Å²) in [6.07, 6.45) is 2.33. The summed E-state index contributed by atoms with van der Waals surface area (Å²) in [5, 5.41) is 13.4. The Morgan fingerprint density at radius 1 is 1.10 bits per heavy atom. The lowest BCUT2D eigenvalue weighted by atomic mass is 10.1. The molecule has 6 nitrogen and oxygen atoms in total. The van der Waals surface area contributed by atoms with Crippen LogP contribution in [-0.4, -0.2) is 29.9 Å². The first-order valence-electron chi connectivity index (χ1n) is 6.43. The highest BCUT2D eigenvalue weighted by Crippen LogP contribution is 2.09. The Labute approximate surface area is 117 Å². The molecule has 0 aliphatic rings. The van der Waals surface area contributed by atoms with Crippen molar-refractivity contribution < 1.29 is 19.5 Å². The van der Waals surface area contributed by atoms with E-state index in [1.165, 1.54) is 0 Å². The number of amides is 2. The van der Waals surface area contributed by atoms with Crippen LogP contribution in [0.4, 0.5) is 10.5 Å². The molecule has 0 aliphatic carbocycles. The minimum Gasteiger partial charge on any atom is -0.465 e. The molecule has 0 radical (unpaired) electrons. The van der Waals surface area contributed by atoms with Crippen molar-refractivity contribution >= 4 is 24.0 Å². The van der Waals surface area contributed by atoms with E-state index in [2.05, 4.69) is 10.6 Å². The molecule has 0 bridgehead atoms. The lowest BCUT2D eigenvalue weighted by molar-refractivity contribution is -0.116. The predicted molar refractivity (Wildman–Crippen MR) is 75.0 cm³/mol. The zero-order valence-electron chi connectivity index (χ0n) is 11.1. The number of unbranched alkanes of at least 4 members (excludes halogenated alkanes) is 2. The molecule has 0 fully saturated rings. The molecule has 0 heterocycles. The van der Waals surface area contributed by atoms with Crippen LogP contribution >= 0.6 is 0 Å². The second kappa shape index (κ2) is 8.68. The number of aldehydes is 1. The first-order chi connectivity index (χ1) is 9.61. The molecule has 1 aromatic carbocycles. The van der Waals surface area contributed by atoms with Gasteiger partial charge in [-0.15, -0.1) is 0 Å². The fourth-order valence-corrected chi connectivity index (χ4v) is 1.65. The topological polar surface area (TPSA) is 95.5 Å². The lowest BCUT2D eigenvalue weighted by Gasteiger charge is -2.05. The quantitative estimate of drug-likeness (QED) is 0.502. The molecule has 108 valence electrons. The molecule has 0 saturated heterocycles. The van der Waals surface area contributed by atoms with Crippen molar-refractivity contribution in [2.24, 2.45) is 0 Å². The van der Waals surface area contributed by atoms with E-state index in [4.69, 9.17) is 5.11 Å². The van der Waals surface area contributed by atoms with Gasteiger partial charge in [-0.2, -0.15) is 0 Å². The van der Waals surface area contributed by atoms with Gasteiger partial charge in [-0.25, -0.2) is 4.79 Å². The molecule has 0 unspecified atom stereocenters. The third kappa shape index (κ3) is 6.53. The average Bonchev–Trinajstić information content (AvgIpc) is 2.43. The van der Waals surface area contributed by atoms with Crippen LogP contribution < -0.4 is 10.6 Å². The van der Waals surface area contributed by atoms with Crippen LogP contribution in [0.1, 0.15) is 36.0 Å². The number of carbonyl (C=O) groups is 3. The number of carbonyl (C=O) groups excluding carboxylic acids is 2. The van der Waals surface area contributed by atoms with Gasteiger partial charge in [0, 0.05) is 24.2 Å². The molecule has 0 atom stereocenters. The standard InChI is InChI=1S/C14H18N2O4/c17-10-11-5-7-12(8-6-11)16-13(18)4-2-1-3-9-15-14(19)20/h5-8,10,15H,1-4,9H2,(H,16,18)(H,19,20). The van der Waals surface area contributed by atoms with E-state index in [1.54, 1.807) is 24.3 Å². The van der Waals surface area contributed by atoms with Gasteiger partial charge in [0.15, 0.2) is 0 Å². The molecule has 20 heavy (non-hydrogen) atoms. The maximum Gasteiger partial charge on any atom is 0.404 e. The minimum absolute atomic E-state index is 0.0879. The van der Waals surface area contributed by atoms with Crippen molar-refractivity contribution in [3.05, 3.63) is 29.8 Å². The van der Waals surface area contributed by atoms with E-state index >= 15 is 0 Å². The molecule has 1 rings (SSSR count). The van der Waals surface area contributed by atoms with E-state index in [0.717, 1.165) is 12.7 Å². The molecular weight excluding hydrogens is 260 g/mol. The third-order valence-corrected chi connectivity index (χ3v) is 2.69. The van der Waals surface area contributed by atoms with Gasteiger partial charge >= 0.3 is 6.09 Å². The molecule has 0 aromatic heterocycles. The Morgan fingerprint density at radius 3 is 2.40 bits per heavy atom. The summed E-state index contributed by atoms with van der Waals surface area (Å²) in [7, 11) is 0. The number of benzene rings is 1. The van der Waals surface area contributed by atoms with Crippen molar-refractivity contribution in [1.29, 1.82) is 0 Å². The lowest BCUT2D eigenvalue weighted by Crippen LogP contribution is -2.21. The Balaban J connectivity index is 2.16. The molecule has 0 spiro atoms. The van der Waals surface area contributed by atoms with E-state index in [0.29, 0.717) is 37.1 Å². The fraction of sp³-hybridized carbons (Fsp3) is 0.357. The fourth-order valence-electron chi connectivity index (χ4n) is 1.65. The maximum atomic E-state index is 11.6. The molecule has 0 aliphatic heterocycles. The summed E-state index contributed by atoms with van der Waals surface area (Å²) in [4.78, 5) is 32.3. The maximum absolute atomic E-state index is 11.6. The van der Waals surface area contributed by atoms with Crippen molar-refractivity contribution in [1.82, 2.24) is 5.32 Å². The summed E-state index contributed by atoms with van der Waals surface area (Å²) in [6, 6.07) is 6.64. The average molecular weight is 278 g/mol. The zero-order valence-corrected chi connectivity index (χ0v) is 11.1. The van der Waals surface area contributed by atoms with Gasteiger partial charge in [0.1, 0.15) is 6.29 Å². The second-order valence-electron chi connectivity index (χ2n) is 4.33. The normalized spacial score (nSPS) is 9.80. The van der Waals surface area contributed by atoms with Gasteiger partial charge < -0.3 is 15.7 Å². The first kappa shape index (κ1) is 15.7. The van der Waals surface area contributed by atoms with Gasteiger partial charge in [0.05, 0.1) is 0 Å². The van der Waals surface area contributed by atoms with E-state index in [9.17, 15) is 14.4 Å². The van der Waals surface area contributed by atoms with Crippen LogP contribution in [0.2, 0.25) is 0 Å². The van der Waals surface area contributed by atoms with Gasteiger partial charge in [0.25, 0.3) is 0 Å². The molecule has 0 saturated carbocycles. The van der Waals surface area contributed by atoms with Crippen LogP contribution in [0.15, 0.2) is 24.3 Å². The minimum atomic E-state index is -1.03. The van der Waals surface area contributed by atoms with Gasteiger partial charge in [-0.1, -0.05) is 6.42 Å². The third-order valence-electron chi connectivity index (χ3n) is 2.69. The Bertz CT molecular complexity index is 457. The molecule has 2 amide bonds. The summed E-state index contributed by atoms with van der Waals surface area (Å²) in [5.41, 5.74) is 1.22. The van der Waals surface area contributed by atoms with Gasteiger partial charge in [0.2, 0.25) is 5.91 Å².